The Morgan fingerprint density at radius 3 is 2.76 bits per heavy atom. The van der Waals surface area contributed by atoms with Crippen molar-refractivity contribution in [2.45, 2.75) is 0 Å². The predicted octanol–water partition coefficient (Wildman–Crippen LogP) is 1.38. The van der Waals surface area contributed by atoms with E-state index in [1.165, 1.54) is 24.4 Å². The van der Waals surface area contributed by atoms with E-state index in [0.29, 0.717) is 5.69 Å². The number of nitrogen functional groups attached to an aromatic ring is 1. The Hall–Kier alpha value is -3.09. The lowest BCUT2D eigenvalue weighted by Crippen LogP contribution is -2.20. The molecule has 7 nitrogen and oxygen atoms in total. The van der Waals surface area contributed by atoms with Crippen LogP contribution >= 0.6 is 0 Å². The molecule has 108 valence electrons. The van der Waals surface area contributed by atoms with Crippen molar-refractivity contribution in [3.05, 3.63) is 48.3 Å². The Labute approximate surface area is 120 Å². The molecule has 1 amide bonds. The number of nitrogens with zero attached hydrogens (tertiary/aromatic N) is 1. The van der Waals surface area contributed by atoms with Gasteiger partial charge in [-0.2, -0.15) is 0 Å². The number of carboxylic acid groups (broad SMARTS) is 1. The van der Waals surface area contributed by atoms with Crippen molar-refractivity contribution in [3.63, 3.8) is 0 Å². The van der Waals surface area contributed by atoms with E-state index in [1.54, 1.807) is 18.3 Å². The second kappa shape index (κ2) is 6.38. The number of benzene rings is 1. The van der Waals surface area contributed by atoms with E-state index in [0.717, 1.165) is 0 Å². The smallest absolute Gasteiger partial charge is 0.337 e. The summed E-state index contributed by atoms with van der Waals surface area (Å²) in [5, 5.41) is 11.5. The number of ether oxygens (including phenoxy) is 1. The molecular weight excluding hydrogens is 274 g/mol. The lowest BCUT2D eigenvalue weighted by molar-refractivity contribution is -0.118. The number of nitrogens with one attached hydrogen (secondary N) is 1. The van der Waals surface area contributed by atoms with Crippen LogP contribution in [0, 0.1) is 0 Å². The quantitative estimate of drug-likeness (QED) is 0.716. The van der Waals surface area contributed by atoms with Crippen molar-refractivity contribution in [2.75, 3.05) is 17.7 Å². The summed E-state index contributed by atoms with van der Waals surface area (Å²) in [5.74, 6) is -1.41. The molecule has 0 aliphatic carbocycles. The van der Waals surface area contributed by atoms with Crippen LogP contribution in [0.25, 0.3) is 0 Å². The van der Waals surface area contributed by atoms with E-state index in [4.69, 9.17) is 15.6 Å². The minimum atomic E-state index is -1.15. The Kier molecular flexibility index (Phi) is 4.35. The highest BCUT2D eigenvalue weighted by Gasteiger charge is 2.13. The molecule has 0 unspecified atom stereocenters. The summed E-state index contributed by atoms with van der Waals surface area (Å²) in [5.41, 5.74) is 6.13. The highest BCUT2D eigenvalue weighted by atomic mass is 16.5. The molecule has 0 bridgehead atoms. The number of carboxylic acids is 1. The summed E-state index contributed by atoms with van der Waals surface area (Å²) in [6.45, 7) is -0.290. The van der Waals surface area contributed by atoms with E-state index in [2.05, 4.69) is 10.3 Å². The van der Waals surface area contributed by atoms with Crippen LogP contribution in [0.5, 0.6) is 5.75 Å². The molecule has 2 rings (SSSR count). The molecule has 0 spiro atoms. The van der Waals surface area contributed by atoms with Gasteiger partial charge in [-0.15, -0.1) is 0 Å². The number of hydrogen-bond acceptors (Lipinski definition) is 5. The molecule has 1 aromatic carbocycles. The molecule has 21 heavy (non-hydrogen) atoms. The second-order valence-electron chi connectivity index (χ2n) is 4.10. The fourth-order valence-corrected chi connectivity index (χ4v) is 1.63. The molecular formula is C14H13N3O4. The highest BCUT2D eigenvalue weighted by Crippen LogP contribution is 2.25. The minimum Gasteiger partial charge on any atom is -0.482 e. The van der Waals surface area contributed by atoms with Gasteiger partial charge in [0.15, 0.2) is 6.61 Å². The van der Waals surface area contributed by atoms with Gasteiger partial charge in [0.05, 0.1) is 23.1 Å². The van der Waals surface area contributed by atoms with Gasteiger partial charge in [0.25, 0.3) is 5.91 Å². The van der Waals surface area contributed by atoms with Gasteiger partial charge in [0.2, 0.25) is 0 Å². The first-order valence-electron chi connectivity index (χ1n) is 6.02. The Morgan fingerprint density at radius 2 is 2.10 bits per heavy atom. The van der Waals surface area contributed by atoms with Gasteiger partial charge in [-0.1, -0.05) is 6.07 Å². The van der Waals surface area contributed by atoms with Crippen LogP contribution in [0.1, 0.15) is 10.4 Å². The molecule has 4 N–H and O–H groups in total. The molecule has 0 atom stereocenters. The molecule has 7 heteroatoms. The standard InChI is InChI=1S/C14H13N3O4/c15-13-10(14(19)20)4-1-5-11(13)21-8-12(18)17-9-3-2-6-16-7-9/h1-7H,8,15H2,(H,17,18)(H,19,20). The van der Waals surface area contributed by atoms with Crippen molar-refractivity contribution in [3.8, 4) is 5.75 Å². The normalized spacial score (nSPS) is 9.90. The number of aromatic nitrogens is 1. The zero-order chi connectivity index (χ0) is 15.2. The van der Waals surface area contributed by atoms with Crippen molar-refractivity contribution in [1.29, 1.82) is 0 Å². The molecule has 1 heterocycles. The fraction of sp³-hybridized carbons (Fsp3) is 0.0714. The zero-order valence-electron chi connectivity index (χ0n) is 10.9. The predicted molar refractivity (Wildman–Crippen MR) is 76.2 cm³/mol. The molecule has 0 saturated carbocycles. The molecule has 0 radical (unpaired) electrons. The molecule has 0 aliphatic heterocycles. The first-order chi connectivity index (χ1) is 10.1. The van der Waals surface area contributed by atoms with Gasteiger partial charge >= 0.3 is 5.97 Å². The van der Waals surface area contributed by atoms with Crippen LogP contribution < -0.4 is 15.8 Å². The number of nitrogens with two attached hydrogens (primary N) is 1. The summed E-state index contributed by atoms with van der Waals surface area (Å²) in [6, 6.07) is 7.72. The van der Waals surface area contributed by atoms with E-state index in [1.807, 2.05) is 0 Å². The summed E-state index contributed by atoms with van der Waals surface area (Å²) in [7, 11) is 0. The van der Waals surface area contributed by atoms with E-state index in [9.17, 15) is 9.59 Å². The maximum atomic E-state index is 11.7. The van der Waals surface area contributed by atoms with Gasteiger partial charge in [-0.05, 0) is 24.3 Å². The topological polar surface area (TPSA) is 115 Å². The molecule has 2 aromatic rings. The van der Waals surface area contributed by atoms with Crippen LogP contribution in [-0.4, -0.2) is 28.6 Å². The van der Waals surface area contributed by atoms with E-state index in [-0.39, 0.29) is 23.6 Å². The van der Waals surface area contributed by atoms with Crippen LogP contribution in [-0.2, 0) is 4.79 Å². The summed E-state index contributed by atoms with van der Waals surface area (Å²) in [4.78, 5) is 26.5. The van der Waals surface area contributed by atoms with Gasteiger partial charge in [-0.3, -0.25) is 9.78 Å². The molecule has 0 fully saturated rings. The third-order valence-corrected chi connectivity index (χ3v) is 2.60. The number of anilines is 2. The minimum absolute atomic E-state index is 0.0147. The van der Waals surface area contributed by atoms with Crippen molar-refractivity contribution in [2.24, 2.45) is 0 Å². The van der Waals surface area contributed by atoms with Crippen LogP contribution in [0.15, 0.2) is 42.7 Å². The number of rotatable bonds is 5. The monoisotopic (exact) mass is 287 g/mol. The third-order valence-electron chi connectivity index (χ3n) is 2.60. The fourth-order valence-electron chi connectivity index (χ4n) is 1.63. The Morgan fingerprint density at radius 1 is 1.29 bits per heavy atom. The lowest BCUT2D eigenvalue weighted by atomic mass is 10.1. The number of amides is 1. The highest BCUT2D eigenvalue weighted by molar-refractivity contribution is 5.95. The third kappa shape index (κ3) is 3.69. The van der Waals surface area contributed by atoms with Gasteiger partial charge in [-0.25, -0.2) is 4.79 Å². The molecule has 0 saturated heterocycles. The first kappa shape index (κ1) is 14.3. The Balaban J connectivity index is 1.99. The number of aromatic carboxylic acids is 1. The van der Waals surface area contributed by atoms with Gasteiger partial charge in [0, 0.05) is 6.20 Å². The summed E-state index contributed by atoms with van der Waals surface area (Å²) < 4.78 is 5.24. The van der Waals surface area contributed by atoms with Crippen LogP contribution in [0.2, 0.25) is 0 Å². The number of hydrogen-bond donors (Lipinski definition) is 3. The van der Waals surface area contributed by atoms with Crippen molar-refractivity contribution >= 4 is 23.3 Å². The van der Waals surface area contributed by atoms with Crippen molar-refractivity contribution < 1.29 is 19.4 Å². The summed E-state index contributed by atoms with van der Waals surface area (Å²) >= 11 is 0. The first-order valence-corrected chi connectivity index (χ1v) is 6.02. The maximum Gasteiger partial charge on any atom is 0.337 e. The second-order valence-corrected chi connectivity index (χ2v) is 4.10. The van der Waals surface area contributed by atoms with Gasteiger partial charge in [0.1, 0.15) is 5.75 Å². The average Bonchev–Trinajstić information content (AvgIpc) is 2.47. The van der Waals surface area contributed by atoms with Crippen molar-refractivity contribution in [1.82, 2.24) is 4.98 Å². The number of carbonyl (C=O) groups is 2. The largest absolute Gasteiger partial charge is 0.482 e. The lowest BCUT2D eigenvalue weighted by Gasteiger charge is -2.10. The zero-order valence-corrected chi connectivity index (χ0v) is 10.9. The number of para-hydroxylation sites is 1. The van der Waals surface area contributed by atoms with Crippen LogP contribution in [0.3, 0.4) is 0 Å². The Bertz CT molecular complexity index is 659. The van der Waals surface area contributed by atoms with E-state index < -0.39 is 11.9 Å². The average molecular weight is 287 g/mol. The molecule has 1 aromatic heterocycles. The maximum absolute atomic E-state index is 11.7. The van der Waals surface area contributed by atoms with Gasteiger partial charge < -0.3 is 20.9 Å². The van der Waals surface area contributed by atoms with E-state index >= 15 is 0 Å². The number of pyridine rings is 1. The number of carbonyl (C=O) groups excluding carboxylic acids is 1. The van der Waals surface area contributed by atoms with Crippen LogP contribution in [0.4, 0.5) is 11.4 Å². The molecule has 0 aliphatic rings. The summed E-state index contributed by atoms with van der Waals surface area (Å²) in [6.07, 6.45) is 3.08. The SMILES string of the molecule is Nc1c(OCC(=O)Nc2cccnc2)cccc1C(=O)O.